The Morgan fingerprint density at radius 2 is 1.90 bits per heavy atom. The Morgan fingerprint density at radius 3 is 2.45 bits per heavy atom. The van der Waals surface area contributed by atoms with Crippen LogP contribution in [0.25, 0.3) is 0 Å². The third kappa shape index (κ3) is 2.64. The minimum Gasteiger partial charge on any atom is -0.384 e. The molecule has 2 rings (SSSR count). The van der Waals surface area contributed by atoms with E-state index in [1.807, 2.05) is 43.0 Å². The van der Waals surface area contributed by atoms with Gasteiger partial charge in [-0.2, -0.15) is 0 Å². The Morgan fingerprint density at radius 1 is 1.20 bits per heavy atom. The molecule has 2 aromatic rings. The highest BCUT2D eigenvalue weighted by Crippen LogP contribution is 2.30. The lowest BCUT2D eigenvalue weighted by Gasteiger charge is -2.25. The molecule has 0 saturated carbocycles. The molecule has 3 N–H and O–H groups in total. The van der Waals surface area contributed by atoms with Crippen molar-refractivity contribution in [2.24, 2.45) is 5.73 Å². The first-order valence-electron chi connectivity index (χ1n) is 6.51. The van der Waals surface area contributed by atoms with Crippen LogP contribution in [0.1, 0.15) is 18.1 Å². The van der Waals surface area contributed by atoms with Gasteiger partial charge in [0, 0.05) is 17.8 Å². The highest BCUT2D eigenvalue weighted by atomic mass is 19.1. The molecule has 0 fully saturated rings. The van der Waals surface area contributed by atoms with Crippen LogP contribution in [0, 0.1) is 18.2 Å². The van der Waals surface area contributed by atoms with Crippen molar-refractivity contribution in [2.45, 2.75) is 13.8 Å². The summed E-state index contributed by atoms with van der Waals surface area (Å²) in [4.78, 5) is 1.91. The van der Waals surface area contributed by atoms with Gasteiger partial charge >= 0.3 is 0 Å². The number of halogens is 1. The maximum Gasteiger partial charge on any atom is 0.147 e. The number of rotatable bonds is 4. The van der Waals surface area contributed by atoms with Gasteiger partial charge < -0.3 is 10.6 Å². The Balaban J connectivity index is 2.48. The van der Waals surface area contributed by atoms with Crippen LogP contribution in [0.15, 0.2) is 42.5 Å². The lowest BCUT2D eigenvalue weighted by atomic mass is 10.1. The van der Waals surface area contributed by atoms with Gasteiger partial charge in [-0.15, -0.1) is 0 Å². The number of nitrogen functional groups attached to an aromatic ring is 1. The molecule has 0 aliphatic carbocycles. The first-order chi connectivity index (χ1) is 9.54. The number of nitrogens with one attached hydrogen (secondary N) is 1. The van der Waals surface area contributed by atoms with Crippen LogP contribution in [0.4, 0.5) is 15.8 Å². The molecule has 4 heteroatoms. The molecule has 0 heterocycles. The van der Waals surface area contributed by atoms with Crippen LogP contribution in [0.2, 0.25) is 0 Å². The molecule has 3 nitrogen and oxygen atoms in total. The second-order valence-electron chi connectivity index (χ2n) is 4.61. The van der Waals surface area contributed by atoms with E-state index in [-0.39, 0.29) is 11.7 Å². The summed E-state index contributed by atoms with van der Waals surface area (Å²) in [7, 11) is 0. The van der Waals surface area contributed by atoms with Crippen molar-refractivity contribution in [2.75, 3.05) is 11.4 Å². The van der Waals surface area contributed by atoms with Gasteiger partial charge in [0.2, 0.25) is 0 Å². The quantitative estimate of drug-likeness (QED) is 0.659. The van der Waals surface area contributed by atoms with Gasteiger partial charge in [-0.25, -0.2) is 4.39 Å². The normalized spacial score (nSPS) is 10.3. The predicted octanol–water partition coefficient (Wildman–Crippen LogP) is 3.58. The molecule has 20 heavy (non-hydrogen) atoms. The lowest BCUT2D eigenvalue weighted by Crippen LogP contribution is -2.19. The van der Waals surface area contributed by atoms with Crippen LogP contribution in [-0.2, 0) is 0 Å². The van der Waals surface area contributed by atoms with E-state index in [1.165, 1.54) is 6.07 Å². The molecule has 0 radical (unpaired) electrons. The van der Waals surface area contributed by atoms with Crippen molar-refractivity contribution in [3.05, 3.63) is 59.4 Å². The summed E-state index contributed by atoms with van der Waals surface area (Å²) < 4.78 is 14.3. The zero-order valence-corrected chi connectivity index (χ0v) is 11.7. The van der Waals surface area contributed by atoms with Gasteiger partial charge in [0.25, 0.3) is 0 Å². The third-order valence-electron chi connectivity index (χ3n) is 3.27. The topological polar surface area (TPSA) is 53.1 Å². The van der Waals surface area contributed by atoms with Crippen LogP contribution in [0.5, 0.6) is 0 Å². The maximum absolute atomic E-state index is 14.3. The number of amidine groups is 1. The molecule has 0 bridgehead atoms. The zero-order valence-electron chi connectivity index (χ0n) is 11.7. The second-order valence-corrected chi connectivity index (χ2v) is 4.61. The van der Waals surface area contributed by atoms with Gasteiger partial charge in [-0.05, 0) is 43.7 Å². The number of nitrogens with two attached hydrogens (primary N) is 1. The van der Waals surface area contributed by atoms with E-state index in [4.69, 9.17) is 11.1 Å². The van der Waals surface area contributed by atoms with Gasteiger partial charge in [-0.3, -0.25) is 5.41 Å². The molecule has 0 saturated heterocycles. The number of hydrogen-bond donors (Lipinski definition) is 2. The monoisotopic (exact) mass is 271 g/mol. The predicted molar refractivity (Wildman–Crippen MR) is 81.3 cm³/mol. The van der Waals surface area contributed by atoms with Crippen LogP contribution >= 0.6 is 0 Å². The summed E-state index contributed by atoms with van der Waals surface area (Å²) in [5, 5.41) is 7.35. The summed E-state index contributed by atoms with van der Waals surface area (Å²) >= 11 is 0. The molecule has 0 aliphatic rings. The highest BCUT2D eigenvalue weighted by Gasteiger charge is 2.14. The van der Waals surface area contributed by atoms with Crippen LogP contribution in [0.3, 0.4) is 0 Å². The smallest absolute Gasteiger partial charge is 0.147 e. The highest BCUT2D eigenvalue weighted by molar-refractivity contribution is 5.95. The van der Waals surface area contributed by atoms with E-state index in [0.717, 1.165) is 11.3 Å². The van der Waals surface area contributed by atoms with E-state index in [2.05, 4.69) is 0 Å². The first kappa shape index (κ1) is 14.1. The molecular weight excluding hydrogens is 253 g/mol. The number of benzene rings is 2. The molecule has 0 spiro atoms. The number of aryl methyl sites for hydroxylation is 1. The molecule has 0 unspecified atom stereocenters. The van der Waals surface area contributed by atoms with Gasteiger partial charge in [0.15, 0.2) is 0 Å². The fourth-order valence-corrected chi connectivity index (χ4v) is 2.23. The molecular formula is C16H18FN3. The van der Waals surface area contributed by atoms with Crippen molar-refractivity contribution in [1.82, 2.24) is 0 Å². The average molecular weight is 271 g/mol. The van der Waals surface area contributed by atoms with E-state index >= 15 is 0 Å². The van der Waals surface area contributed by atoms with Crippen LogP contribution < -0.4 is 10.6 Å². The fraction of sp³-hybridized carbons (Fsp3) is 0.188. The van der Waals surface area contributed by atoms with Crippen molar-refractivity contribution in [3.63, 3.8) is 0 Å². The lowest BCUT2D eigenvalue weighted by molar-refractivity contribution is 0.625. The molecule has 0 atom stereocenters. The summed E-state index contributed by atoms with van der Waals surface area (Å²) in [6.45, 7) is 4.63. The summed E-state index contributed by atoms with van der Waals surface area (Å²) in [5.74, 6) is -0.503. The Hall–Kier alpha value is -2.36. The minimum atomic E-state index is -0.372. The van der Waals surface area contributed by atoms with Gasteiger partial charge in [0.05, 0.1) is 5.69 Å². The largest absolute Gasteiger partial charge is 0.384 e. The average Bonchev–Trinajstić information content (AvgIpc) is 2.43. The molecule has 2 aromatic carbocycles. The SMILES string of the molecule is CCN(c1ccccc1C)c1ccc(C(=N)N)cc1F. The zero-order chi connectivity index (χ0) is 14.7. The van der Waals surface area contributed by atoms with E-state index in [0.29, 0.717) is 17.8 Å². The maximum atomic E-state index is 14.3. The second kappa shape index (κ2) is 5.74. The number of anilines is 2. The van der Waals surface area contributed by atoms with Crippen molar-refractivity contribution in [3.8, 4) is 0 Å². The summed E-state index contributed by atoms with van der Waals surface area (Å²) in [5.41, 5.74) is 8.33. The molecule has 0 amide bonds. The molecule has 104 valence electrons. The Labute approximate surface area is 118 Å². The van der Waals surface area contributed by atoms with Crippen molar-refractivity contribution >= 4 is 17.2 Å². The third-order valence-corrected chi connectivity index (χ3v) is 3.27. The first-order valence-corrected chi connectivity index (χ1v) is 6.51. The molecule has 0 aliphatic heterocycles. The Kier molecular flexibility index (Phi) is 4.03. The molecule has 0 aromatic heterocycles. The van der Waals surface area contributed by atoms with Crippen molar-refractivity contribution in [1.29, 1.82) is 5.41 Å². The standard InChI is InChI=1S/C16H18FN3/c1-3-20(14-7-5-4-6-11(14)2)15-9-8-12(16(18)19)10-13(15)17/h4-10H,3H2,1-2H3,(H3,18,19). The van der Waals surface area contributed by atoms with E-state index < -0.39 is 0 Å². The fourth-order valence-electron chi connectivity index (χ4n) is 2.23. The number of hydrogen-bond acceptors (Lipinski definition) is 2. The summed E-state index contributed by atoms with van der Waals surface area (Å²) in [6, 6.07) is 12.5. The van der Waals surface area contributed by atoms with E-state index in [1.54, 1.807) is 12.1 Å². The van der Waals surface area contributed by atoms with Crippen LogP contribution in [-0.4, -0.2) is 12.4 Å². The van der Waals surface area contributed by atoms with Crippen molar-refractivity contribution < 1.29 is 4.39 Å². The van der Waals surface area contributed by atoms with Gasteiger partial charge in [-0.1, -0.05) is 18.2 Å². The Bertz CT molecular complexity index is 637. The van der Waals surface area contributed by atoms with Gasteiger partial charge in [0.1, 0.15) is 11.7 Å². The minimum absolute atomic E-state index is 0.130. The summed E-state index contributed by atoms with van der Waals surface area (Å²) in [6.07, 6.45) is 0. The number of nitrogens with zero attached hydrogens (tertiary/aromatic N) is 1. The number of para-hydroxylation sites is 1. The van der Waals surface area contributed by atoms with E-state index in [9.17, 15) is 4.39 Å².